The summed E-state index contributed by atoms with van der Waals surface area (Å²) in [7, 11) is 0. The second-order valence-electron chi connectivity index (χ2n) is 4.23. The maximum Gasteiger partial charge on any atom is 0.159 e. The zero-order chi connectivity index (χ0) is 14.0. The van der Waals surface area contributed by atoms with Crippen molar-refractivity contribution in [2.24, 2.45) is 5.73 Å². The van der Waals surface area contributed by atoms with Crippen molar-refractivity contribution in [1.29, 1.82) is 0 Å². The summed E-state index contributed by atoms with van der Waals surface area (Å²) in [6, 6.07) is 7.29. The van der Waals surface area contributed by atoms with Crippen LogP contribution in [0.2, 0.25) is 5.02 Å². The van der Waals surface area contributed by atoms with Crippen molar-refractivity contribution >= 4 is 11.6 Å². The second-order valence-corrected chi connectivity index (χ2v) is 4.64. The minimum Gasteiger partial charge on any atom is -0.324 e. The van der Waals surface area contributed by atoms with Gasteiger partial charge in [-0.05, 0) is 41.8 Å². The van der Waals surface area contributed by atoms with Gasteiger partial charge in [0.25, 0.3) is 0 Å². The summed E-state index contributed by atoms with van der Waals surface area (Å²) in [5.74, 6) is -2.40. The Hall–Kier alpha value is -1.52. The Morgan fingerprint density at radius 2 is 1.68 bits per heavy atom. The van der Waals surface area contributed by atoms with Crippen LogP contribution in [0, 0.1) is 17.5 Å². The van der Waals surface area contributed by atoms with E-state index in [1.54, 1.807) is 6.07 Å². The first-order valence-electron chi connectivity index (χ1n) is 5.62. The third-order valence-electron chi connectivity index (χ3n) is 2.81. The van der Waals surface area contributed by atoms with Crippen LogP contribution in [0.4, 0.5) is 13.2 Å². The van der Waals surface area contributed by atoms with Gasteiger partial charge in [0.15, 0.2) is 11.6 Å². The van der Waals surface area contributed by atoms with Gasteiger partial charge in [0.2, 0.25) is 0 Å². The SMILES string of the molecule is NC(Cc1ccc(Cl)c(F)c1)c1ccc(F)c(F)c1. The molecule has 2 aromatic rings. The maximum absolute atomic E-state index is 13.3. The lowest BCUT2D eigenvalue weighted by Crippen LogP contribution is -2.14. The van der Waals surface area contributed by atoms with Gasteiger partial charge >= 0.3 is 0 Å². The summed E-state index contributed by atoms with van der Waals surface area (Å²) in [5.41, 5.74) is 6.98. The monoisotopic (exact) mass is 285 g/mol. The van der Waals surface area contributed by atoms with Crippen molar-refractivity contribution in [3.05, 3.63) is 70.0 Å². The molecule has 0 aliphatic heterocycles. The normalized spacial score (nSPS) is 12.5. The number of benzene rings is 2. The number of rotatable bonds is 3. The van der Waals surface area contributed by atoms with E-state index >= 15 is 0 Å². The highest BCUT2D eigenvalue weighted by Crippen LogP contribution is 2.21. The highest BCUT2D eigenvalue weighted by Gasteiger charge is 2.11. The van der Waals surface area contributed by atoms with Crippen molar-refractivity contribution in [2.45, 2.75) is 12.5 Å². The number of nitrogens with two attached hydrogens (primary N) is 1. The van der Waals surface area contributed by atoms with Gasteiger partial charge in [-0.3, -0.25) is 0 Å². The van der Waals surface area contributed by atoms with E-state index in [-0.39, 0.29) is 5.02 Å². The Morgan fingerprint density at radius 3 is 2.32 bits per heavy atom. The first-order chi connectivity index (χ1) is 8.97. The third-order valence-corrected chi connectivity index (χ3v) is 3.12. The summed E-state index contributed by atoms with van der Waals surface area (Å²) in [5, 5.41) is 0.0325. The first kappa shape index (κ1) is 13.9. The van der Waals surface area contributed by atoms with Gasteiger partial charge in [-0.2, -0.15) is 0 Å². The van der Waals surface area contributed by atoms with E-state index in [0.717, 1.165) is 12.1 Å². The summed E-state index contributed by atoms with van der Waals surface area (Å²) in [6.07, 6.45) is 0.305. The van der Waals surface area contributed by atoms with Crippen LogP contribution in [0.1, 0.15) is 17.2 Å². The predicted molar refractivity (Wildman–Crippen MR) is 68.4 cm³/mol. The molecule has 0 bridgehead atoms. The molecular weight excluding hydrogens is 275 g/mol. The van der Waals surface area contributed by atoms with Crippen molar-refractivity contribution in [3.8, 4) is 0 Å². The molecule has 0 aliphatic rings. The quantitative estimate of drug-likeness (QED) is 0.906. The Balaban J connectivity index is 2.17. The van der Waals surface area contributed by atoms with E-state index in [0.29, 0.717) is 17.5 Å². The van der Waals surface area contributed by atoms with Crippen LogP contribution in [0.25, 0.3) is 0 Å². The molecule has 0 radical (unpaired) electrons. The molecule has 100 valence electrons. The molecule has 0 aromatic heterocycles. The van der Waals surface area contributed by atoms with Crippen molar-refractivity contribution in [1.82, 2.24) is 0 Å². The highest BCUT2D eigenvalue weighted by atomic mass is 35.5. The third kappa shape index (κ3) is 3.28. The molecule has 1 nitrogen and oxygen atoms in total. The summed E-state index contributed by atoms with van der Waals surface area (Å²) >= 11 is 5.57. The van der Waals surface area contributed by atoms with Gasteiger partial charge in [-0.15, -0.1) is 0 Å². The van der Waals surface area contributed by atoms with Crippen LogP contribution in [-0.4, -0.2) is 0 Å². The molecule has 0 fully saturated rings. The molecule has 2 rings (SSSR count). The summed E-state index contributed by atoms with van der Waals surface area (Å²) in [6.45, 7) is 0. The summed E-state index contributed by atoms with van der Waals surface area (Å²) in [4.78, 5) is 0. The van der Waals surface area contributed by atoms with Crippen LogP contribution in [-0.2, 0) is 6.42 Å². The van der Waals surface area contributed by atoms with Crippen LogP contribution in [0.3, 0.4) is 0 Å². The van der Waals surface area contributed by atoms with Crippen LogP contribution >= 0.6 is 11.6 Å². The molecule has 0 heterocycles. The highest BCUT2D eigenvalue weighted by molar-refractivity contribution is 6.30. The Bertz CT molecular complexity index is 601. The van der Waals surface area contributed by atoms with Gasteiger partial charge < -0.3 is 5.73 Å². The minimum absolute atomic E-state index is 0.0325. The lowest BCUT2D eigenvalue weighted by atomic mass is 9.99. The van der Waals surface area contributed by atoms with Gasteiger partial charge in [0.1, 0.15) is 5.82 Å². The zero-order valence-corrected chi connectivity index (χ0v) is 10.6. The Morgan fingerprint density at radius 1 is 0.947 bits per heavy atom. The van der Waals surface area contributed by atoms with Crippen molar-refractivity contribution < 1.29 is 13.2 Å². The standard InChI is InChI=1S/C14H11ClF3N/c15-10-3-1-8(5-12(10)17)6-14(19)9-2-4-11(16)13(18)7-9/h1-5,7,14H,6,19H2. The van der Waals surface area contributed by atoms with E-state index in [1.807, 2.05) is 0 Å². The lowest BCUT2D eigenvalue weighted by molar-refractivity contribution is 0.505. The van der Waals surface area contributed by atoms with Crippen molar-refractivity contribution in [2.75, 3.05) is 0 Å². The van der Waals surface area contributed by atoms with E-state index in [9.17, 15) is 13.2 Å². The molecule has 19 heavy (non-hydrogen) atoms. The van der Waals surface area contributed by atoms with Gasteiger partial charge in [0, 0.05) is 6.04 Å². The molecule has 2 aromatic carbocycles. The fourth-order valence-corrected chi connectivity index (χ4v) is 1.90. The maximum atomic E-state index is 13.3. The topological polar surface area (TPSA) is 26.0 Å². The Kier molecular flexibility index (Phi) is 4.12. The molecule has 0 spiro atoms. The van der Waals surface area contributed by atoms with Crippen LogP contribution in [0.15, 0.2) is 36.4 Å². The fourth-order valence-electron chi connectivity index (χ4n) is 1.78. The zero-order valence-electron chi connectivity index (χ0n) is 9.84. The second kappa shape index (κ2) is 5.63. The molecule has 0 saturated carbocycles. The van der Waals surface area contributed by atoms with E-state index < -0.39 is 23.5 Å². The molecule has 5 heteroatoms. The van der Waals surface area contributed by atoms with E-state index in [2.05, 4.69) is 0 Å². The average Bonchev–Trinajstić information content (AvgIpc) is 2.37. The van der Waals surface area contributed by atoms with Gasteiger partial charge in [-0.1, -0.05) is 23.7 Å². The molecule has 0 saturated heterocycles. The molecule has 1 atom stereocenters. The van der Waals surface area contributed by atoms with Gasteiger partial charge in [-0.25, -0.2) is 13.2 Å². The molecule has 2 N–H and O–H groups in total. The lowest BCUT2D eigenvalue weighted by Gasteiger charge is -2.12. The first-order valence-corrected chi connectivity index (χ1v) is 5.99. The van der Waals surface area contributed by atoms with Crippen molar-refractivity contribution in [3.63, 3.8) is 0 Å². The number of hydrogen-bond donors (Lipinski definition) is 1. The number of halogens is 4. The predicted octanol–water partition coefficient (Wildman–Crippen LogP) is 4.00. The molecule has 0 aliphatic carbocycles. The number of hydrogen-bond acceptors (Lipinski definition) is 1. The van der Waals surface area contributed by atoms with E-state index in [1.165, 1.54) is 18.2 Å². The van der Waals surface area contributed by atoms with Crippen LogP contribution in [0.5, 0.6) is 0 Å². The minimum atomic E-state index is -0.949. The fraction of sp³-hybridized carbons (Fsp3) is 0.143. The largest absolute Gasteiger partial charge is 0.324 e. The molecular formula is C14H11ClF3N. The molecule has 0 amide bonds. The summed E-state index contributed by atoms with van der Waals surface area (Å²) < 4.78 is 39.2. The Labute approximate surface area is 113 Å². The van der Waals surface area contributed by atoms with E-state index in [4.69, 9.17) is 17.3 Å². The molecule has 1 unspecified atom stereocenters. The smallest absolute Gasteiger partial charge is 0.159 e. The average molecular weight is 286 g/mol. The van der Waals surface area contributed by atoms with Gasteiger partial charge in [0.05, 0.1) is 5.02 Å². The van der Waals surface area contributed by atoms with Crippen LogP contribution < -0.4 is 5.73 Å².